The van der Waals surface area contributed by atoms with Gasteiger partial charge in [0.1, 0.15) is 0 Å². The lowest BCUT2D eigenvalue weighted by molar-refractivity contribution is 0.960. The zero-order valence-corrected chi connectivity index (χ0v) is 13.8. The zero-order valence-electron chi connectivity index (χ0n) is 12.2. The molecule has 0 fully saturated rings. The van der Waals surface area contributed by atoms with Gasteiger partial charge in [0.2, 0.25) is 0 Å². The summed E-state index contributed by atoms with van der Waals surface area (Å²) < 4.78 is 2.48. The van der Waals surface area contributed by atoms with Crippen molar-refractivity contribution in [3.63, 3.8) is 0 Å². The second-order valence-electron chi connectivity index (χ2n) is 4.81. The van der Waals surface area contributed by atoms with Crippen LogP contribution in [-0.4, -0.2) is 37.2 Å². The fourth-order valence-corrected chi connectivity index (χ4v) is 4.02. The highest BCUT2D eigenvalue weighted by Crippen LogP contribution is 2.35. The maximum absolute atomic E-state index is 4.70. The van der Waals surface area contributed by atoms with E-state index in [0.29, 0.717) is 0 Å². The molecule has 3 aromatic rings. The number of aromatic nitrogens is 2. The van der Waals surface area contributed by atoms with Crippen molar-refractivity contribution in [1.29, 1.82) is 0 Å². The van der Waals surface area contributed by atoms with E-state index >= 15 is 0 Å². The summed E-state index contributed by atoms with van der Waals surface area (Å²) in [7, 11) is 4.15. The van der Waals surface area contributed by atoms with Gasteiger partial charge in [-0.25, -0.2) is 9.97 Å². The van der Waals surface area contributed by atoms with Crippen LogP contribution in [0.15, 0.2) is 12.1 Å². The molecule has 1 aromatic carbocycles. The lowest BCUT2D eigenvalue weighted by Crippen LogP contribution is -2.15. The van der Waals surface area contributed by atoms with E-state index in [1.165, 1.54) is 9.40 Å². The lowest BCUT2D eigenvalue weighted by atomic mass is 10.3. The van der Waals surface area contributed by atoms with Crippen molar-refractivity contribution in [2.24, 2.45) is 0 Å². The SMILES string of the molecule is CCN(C)c1nc2cc3nc(N(C)CC)sc3cc2s1. The molecule has 0 saturated heterocycles. The lowest BCUT2D eigenvalue weighted by Gasteiger charge is -2.11. The summed E-state index contributed by atoms with van der Waals surface area (Å²) >= 11 is 3.50. The van der Waals surface area contributed by atoms with Gasteiger partial charge in [0.05, 0.1) is 20.4 Å². The van der Waals surface area contributed by atoms with Crippen LogP contribution in [0.3, 0.4) is 0 Å². The molecule has 6 heteroatoms. The van der Waals surface area contributed by atoms with Crippen LogP contribution in [0.25, 0.3) is 20.4 Å². The molecule has 4 nitrogen and oxygen atoms in total. The van der Waals surface area contributed by atoms with Gasteiger partial charge >= 0.3 is 0 Å². The molecule has 0 bridgehead atoms. The number of hydrogen-bond donors (Lipinski definition) is 0. The van der Waals surface area contributed by atoms with Crippen LogP contribution in [0.5, 0.6) is 0 Å². The third-order valence-electron chi connectivity index (χ3n) is 3.48. The van der Waals surface area contributed by atoms with Crippen LogP contribution in [0.2, 0.25) is 0 Å². The Bertz CT molecular complexity index is 635. The van der Waals surface area contributed by atoms with E-state index in [2.05, 4.69) is 49.9 Å². The Morgan fingerprint density at radius 1 is 0.850 bits per heavy atom. The van der Waals surface area contributed by atoms with E-state index in [4.69, 9.17) is 9.97 Å². The molecular formula is C14H18N4S2. The van der Waals surface area contributed by atoms with Crippen LogP contribution in [0.1, 0.15) is 13.8 Å². The average Bonchev–Trinajstić information content (AvgIpc) is 3.05. The summed E-state index contributed by atoms with van der Waals surface area (Å²) in [5.41, 5.74) is 2.10. The Kier molecular flexibility index (Phi) is 3.52. The van der Waals surface area contributed by atoms with Gasteiger partial charge in [0.15, 0.2) is 10.3 Å². The van der Waals surface area contributed by atoms with Gasteiger partial charge in [-0.1, -0.05) is 22.7 Å². The minimum atomic E-state index is 0.970. The van der Waals surface area contributed by atoms with Crippen LogP contribution in [-0.2, 0) is 0 Å². The predicted octanol–water partition coefficient (Wildman–Crippen LogP) is 3.82. The van der Waals surface area contributed by atoms with Crippen LogP contribution in [0, 0.1) is 0 Å². The molecule has 0 atom stereocenters. The molecule has 0 amide bonds. The van der Waals surface area contributed by atoms with Gasteiger partial charge in [-0.05, 0) is 26.0 Å². The Morgan fingerprint density at radius 2 is 1.30 bits per heavy atom. The molecule has 3 rings (SSSR count). The van der Waals surface area contributed by atoms with Gasteiger partial charge in [-0.3, -0.25) is 0 Å². The van der Waals surface area contributed by atoms with Gasteiger partial charge in [0, 0.05) is 27.2 Å². The number of nitrogens with zero attached hydrogens (tertiary/aromatic N) is 4. The van der Waals surface area contributed by atoms with Crippen molar-refractivity contribution in [3.05, 3.63) is 12.1 Å². The minimum Gasteiger partial charge on any atom is -0.351 e. The smallest absolute Gasteiger partial charge is 0.186 e. The Morgan fingerprint density at radius 3 is 1.70 bits per heavy atom. The molecule has 0 N–H and O–H groups in total. The van der Waals surface area contributed by atoms with Crippen molar-refractivity contribution < 1.29 is 0 Å². The molecule has 0 aliphatic carbocycles. The quantitative estimate of drug-likeness (QED) is 0.733. The van der Waals surface area contributed by atoms with E-state index < -0.39 is 0 Å². The molecule has 106 valence electrons. The molecule has 2 heterocycles. The number of anilines is 2. The zero-order chi connectivity index (χ0) is 14.3. The van der Waals surface area contributed by atoms with Crippen molar-refractivity contribution in [2.45, 2.75) is 13.8 Å². The number of thiazole rings is 2. The Hall–Kier alpha value is -1.40. The van der Waals surface area contributed by atoms with Crippen molar-refractivity contribution >= 4 is 53.4 Å². The molecule has 20 heavy (non-hydrogen) atoms. The molecule has 0 spiro atoms. The molecule has 0 saturated carbocycles. The molecule has 2 aromatic heterocycles. The normalized spacial score (nSPS) is 11.4. The molecule has 0 unspecified atom stereocenters. The summed E-state index contributed by atoms with van der Waals surface area (Å²) in [5, 5.41) is 2.15. The van der Waals surface area contributed by atoms with E-state index in [9.17, 15) is 0 Å². The predicted molar refractivity (Wildman–Crippen MR) is 90.7 cm³/mol. The second kappa shape index (κ2) is 5.18. The first-order valence-corrected chi connectivity index (χ1v) is 8.39. The van der Waals surface area contributed by atoms with E-state index in [1.54, 1.807) is 22.7 Å². The second-order valence-corrected chi connectivity index (χ2v) is 6.83. The third-order valence-corrected chi connectivity index (χ3v) is 5.74. The standard InChI is InChI=1S/C14H18N4S2/c1-5-17(3)13-15-9-7-10-12(8-11(9)19-13)20-14(16-10)18(4)6-2/h7-8H,5-6H2,1-4H3. The molecular weight excluding hydrogens is 288 g/mol. The van der Waals surface area contributed by atoms with Gasteiger partial charge in [0.25, 0.3) is 0 Å². The number of fused-ring (bicyclic) bond motifs is 2. The Balaban J connectivity index is 2.10. The highest BCUT2D eigenvalue weighted by atomic mass is 32.1. The fourth-order valence-electron chi connectivity index (χ4n) is 1.92. The first-order chi connectivity index (χ1) is 9.62. The number of rotatable bonds is 4. The summed E-state index contributed by atoms with van der Waals surface area (Å²) in [5.74, 6) is 0. The van der Waals surface area contributed by atoms with Crippen LogP contribution < -0.4 is 9.80 Å². The number of hydrogen-bond acceptors (Lipinski definition) is 6. The van der Waals surface area contributed by atoms with Gasteiger partial charge in [-0.15, -0.1) is 0 Å². The fraction of sp³-hybridized carbons (Fsp3) is 0.429. The average molecular weight is 306 g/mol. The molecule has 0 aliphatic heterocycles. The first kappa shape index (κ1) is 13.6. The van der Waals surface area contributed by atoms with Gasteiger partial charge in [-0.2, -0.15) is 0 Å². The van der Waals surface area contributed by atoms with Gasteiger partial charge < -0.3 is 9.80 Å². The minimum absolute atomic E-state index is 0.970. The maximum atomic E-state index is 4.70. The first-order valence-electron chi connectivity index (χ1n) is 6.75. The number of benzene rings is 1. The van der Waals surface area contributed by atoms with Crippen LogP contribution >= 0.6 is 22.7 Å². The Labute approximate surface area is 126 Å². The van der Waals surface area contributed by atoms with Crippen LogP contribution in [0.4, 0.5) is 10.3 Å². The monoisotopic (exact) mass is 306 g/mol. The summed E-state index contributed by atoms with van der Waals surface area (Å²) in [6, 6.07) is 4.33. The highest BCUT2D eigenvalue weighted by molar-refractivity contribution is 7.24. The molecule has 0 radical (unpaired) electrons. The maximum Gasteiger partial charge on any atom is 0.186 e. The van der Waals surface area contributed by atoms with Crippen molar-refractivity contribution in [2.75, 3.05) is 37.0 Å². The van der Waals surface area contributed by atoms with E-state index in [1.807, 2.05) is 0 Å². The summed E-state index contributed by atoms with van der Waals surface area (Å²) in [4.78, 5) is 13.7. The summed E-state index contributed by atoms with van der Waals surface area (Å²) in [6.45, 7) is 6.22. The highest BCUT2D eigenvalue weighted by Gasteiger charge is 2.12. The summed E-state index contributed by atoms with van der Waals surface area (Å²) in [6.07, 6.45) is 0. The van der Waals surface area contributed by atoms with Crippen molar-refractivity contribution in [3.8, 4) is 0 Å². The molecule has 0 aliphatic rings. The van der Waals surface area contributed by atoms with E-state index in [-0.39, 0.29) is 0 Å². The van der Waals surface area contributed by atoms with E-state index in [0.717, 1.165) is 34.4 Å². The van der Waals surface area contributed by atoms with Crippen molar-refractivity contribution in [1.82, 2.24) is 9.97 Å². The topological polar surface area (TPSA) is 32.3 Å². The third kappa shape index (κ3) is 2.23. The largest absolute Gasteiger partial charge is 0.351 e.